The predicted octanol–water partition coefficient (Wildman–Crippen LogP) is 0.960. The first-order chi connectivity index (χ1) is 10.2. The predicted molar refractivity (Wildman–Crippen MR) is 84.6 cm³/mol. The zero-order valence-electron chi connectivity index (χ0n) is 12.9. The molecule has 21 heavy (non-hydrogen) atoms. The molecule has 1 aliphatic heterocycles. The average Bonchev–Trinajstić information content (AvgIpc) is 2.55. The van der Waals surface area contributed by atoms with Crippen molar-refractivity contribution in [1.82, 2.24) is 10.2 Å². The van der Waals surface area contributed by atoms with E-state index in [1.54, 1.807) is 0 Å². The van der Waals surface area contributed by atoms with E-state index in [2.05, 4.69) is 39.4 Å². The minimum Gasteiger partial charge on any atom is -0.468 e. The van der Waals surface area contributed by atoms with E-state index in [4.69, 9.17) is 4.74 Å². The van der Waals surface area contributed by atoms with Crippen LogP contribution in [0.3, 0.4) is 0 Å². The molecule has 0 aromatic heterocycles. The lowest BCUT2D eigenvalue weighted by molar-refractivity contribution is -0.143. The molecule has 1 heterocycles. The van der Waals surface area contributed by atoms with Gasteiger partial charge >= 0.3 is 5.97 Å². The maximum Gasteiger partial charge on any atom is 0.324 e. The van der Waals surface area contributed by atoms with Crippen LogP contribution >= 0.6 is 0 Å². The smallest absolute Gasteiger partial charge is 0.324 e. The van der Waals surface area contributed by atoms with Gasteiger partial charge in [-0.3, -0.25) is 9.69 Å². The van der Waals surface area contributed by atoms with E-state index in [-0.39, 0.29) is 12.0 Å². The molecule has 1 aromatic rings. The van der Waals surface area contributed by atoms with Crippen molar-refractivity contribution < 1.29 is 9.53 Å². The molecular weight excluding hydrogens is 266 g/mol. The number of carbonyl (C=O) groups is 1. The number of para-hydroxylation sites is 1. The van der Waals surface area contributed by atoms with Crippen LogP contribution in [-0.4, -0.2) is 63.3 Å². The lowest BCUT2D eigenvalue weighted by atomic mass is 10.2. The van der Waals surface area contributed by atoms with Crippen molar-refractivity contribution in [1.29, 1.82) is 0 Å². The third kappa shape index (κ3) is 4.44. The van der Waals surface area contributed by atoms with Crippen molar-refractivity contribution in [3.63, 3.8) is 0 Å². The Morgan fingerprint density at radius 2 is 1.90 bits per heavy atom. The summed E-state index contributed by atoms with van der Waals surface area (Å²) in [4.78, 5) is 16.4. The van der Waals surface area contributed by atoms with Gasteiger partial charge in [0.05, 0.1) is 7.11 Å². The standard InChI is InChI=1S/C16H25N3O2/c1-3-17-15(16(20)21-2)13-18-9-11-19(12-10-18)14-7-5-4-6-8-14/h4-8,15,17H,3,9-13H2,1-2H3. The SMILES string of the molecule is CCNC(CN1CCN(c2ccccc2)CC1)C(=O)OC. The third-order valence-electron chi connectivity index (χ3n) is 3.87. The van der Waals surface area contributed by atoms with Gasteiger partial charge in [0.15, 0.2) is 0 Å². The van der Waals surface area contributed by atoms with E-state index in [0.717, 1.165) is 32.7 Å². The van der Waals surface area contributed by atoms with Crippen LogP contribution in [0, 0.1) is 0 Å². The maximum absolute atomic E-state index is 11.7. The van der Waals surface area contributed by atoms with Crippen LogP contribution in [0.2, 0.25) is 0 Å². The second-order valence-corrected chi connectivity index (χ2v) is 5.26. The highest BCUT2D eigenvalue weighted by Gasteiger charge is 2.24. The Bertz CT molecular complexity index is 430. The van der Waals surface area contributed by atoms with Gasteiger partial charge in [-0.15, -0.1) is 0 Å². The van der Waals surface area contributed by atoms with Crippen LogP contribution in [0.1, 0.15) is 6.92 Å². The van der Waals surface area contributed by atoms with Crippen molar-refractivity contribution in [2.24, 2.45) is 0 Å². The summed E-state index contributed by atoms with van der Waals surface area (Å²) in [5.74, 6) is -0.178. The largest absolute Gasteiger partial charge is 0.468 e. The number of carbonyl (C=O) groups excluding carboxylic acids is 1. The first kappa shape index (κ1) is 15.8. The average molecular weight is 291 g/mol. The Hall–Kier alpha value is -1.59. The van der Waals surface area contributed by atoms with Crippen molar-refractivity contribution in [2.75, 3.05) is 51.3 Å². The van der Waals surface area contributed by atoms with Crippen molar-refractivity contribution in [3.05, 3.63) is 30.3 Å². The zero-order chi connectivity index (χ0) is 15.1. The topological polar surface area (TPSA) is 44.8 Å². The highest BCUT2D eigenvalue weighted by Crippen LogP contribution is 2.15. The van der Waals surface area contributed by atoms with Crippen LogP contribution in [0.15, 0.2) is 30.3 Å². The quantitative estimate of drug-likeness (QED) is 0.791. The molecule has 2 rings (SSSR count). The van der Waals surface area contributed by atoms with E-state index in [9.17, 15) is 4.79 Å². The molecule has 1 aliphatic rings. The number of piperazine rings is 1. The van der Waals surface area contributed by atoms with Gasteiger partial charge in [-0.05, 0) is 18.7 Å². The molecule has 1 aromatic carbocycles. The summed E-state index contributed by atoms with van der Waals surface area (Å²) < 4.78 is 4.86. The zero-order valence-corrected chi connectivity index (χ0v) is 12.9. The monoisotopic (exact) mass is 291 g/mol. The van der Waals surface area contributed by atoms with Gasteiger partial charge in [0.1, 0.15) is 6.04 Å². The lowest BCUT2D eigenvalue weighted by Gasteiger charge is -2.37. The van der Waals surface area contributed by atoms with Crippen molar-refractivity contribution in [2.45, 2.75) is 13.0 Å². The highest BCUT2D eigenvalue weighted by atomic mass is 16.5. The fourth-order valence-corrected chi connectivity index (χ4v) is 2.70. The summed E-state index contributed by atoms with van der Waals surface area (Å²) in [7, 11) is 1.44. The summed E-state index contributed by atoms with van der Waals surface area (Å²) in [5.41, 5.74) is 1.27. The van der Waals surface area contributed by atoms with Gasteiger partial charge < -0.3 is 15.0 Å². The number of anilines is 1. The highest BCUT2D eigenvalue weighted by molar-refractivity contribution is 5.75. The number of likely N-dealkylation sites (N-methyl/N-ethyl adjacent to an activating group) is 1. The Kier molecular flexibility index (Phi) is 6.02. The first-order valence-corrected chi connectivity index (χ1v) is 7.58. The van der Waals surface area contributed by atoms with Crippen LogP contribution in [0.5, 0.6) is 0 Å². The second-order valence-electron chi connectivity index (χ2n) is 5.26. The third-order valence-corrected chi connectivity index (χ3v) is 3.87. The normalized spacial score (nSPS) is 17.5. The number of esters is 1. The summed E-state index contributed by atoms with van der Waals surface area (Å²) in [6.45, 7) is 7.39. The van der Waals surface area contributed by atoms with Crippen LogP contribution < -0.4 is 10.2 Å². The van der Waals surface area contributed by atoms with E-state index in [1.165, 1.54) is 12.8 Å². The molecule has 0 aliphatic carbocycles. The molecule has 0 amide bonds. The van der Waals surface area contributed by atoms with Gasteiger partial charge in [-0.25, -0.2) is 0 Å². The summed E-state index contributed by atoms with van der Waals surface area (Å²) in [5, 5.41) is 3.19. The second kappa shape index (κ2) is 8.00. The molecule has 5 nitrogen and oxygen atoms in total. The summed E-state index contributed by atoms with van der Waals surface area (Å²) in [6, 6.07) is 10.2. The van der Waals surface area contributed by atoms with E-state index >= 15 is 0 Å². The van der Waals surface area contributed by atoms with Crippen molar-refractivity contribution in [3.8, 4) is 0 Å². The Labute approximate surface area is 126 Å². The summed E-state index contributed by atoms with van der Waals surface area (Å²) in [6.07, 6.45) is 0. The fourth-order valence-electron chi connectivity index (χ4n) is 2.70. The van der Waals surface area contributed by atoms with E-state index < -0.39 is 0 Å². The summed E-state index contributed by atoms with van der Waals surface area (Å²) >= 11 is 0. The Morgan fingerprint density at radius 3 is 2.48 bits per heavy atom. The van der Waals surface area contributed by atoms with E-state index in [0.29, 0.717) is 6.54 Å². The number of nitrogens with zero attached hydrogens (tertiary/aromatic N) is 2. The molecule has 0 saturated carbocycles. The molecule has 0 radical (unpaired) electrons. The number of benzene rings is 1. The molecular formula is C16H25N3O2. The molecule has 1 fully saturated rings. The number of rotatable bonds is 6. The minimum absolute atomic E-state index is 0.178. The molecule has 1 N–H and O–H groups in total. The van der Waals surface area contributed by atoms with Crippen LogP contribution in [-0.2, 0) is 9.53 Å². The number of methoxy groups -OCH3 is 1. The van der Waals surface area contributed by atoms with Crippen molar-refractivity contribution >= 4 is 11.7 Å². The van der Waals surface area contributed by atoms with E-state index in [1.807, 2.05) is 13.0 Å². The number of hydrogen-bond acceptors (Lipinski definition) is 5. The van der Waals surface area contributed by atoms with Gasteiger partial charge in [-0.2, -0.15) is 0 Å². The molecule has 0 spiro atoms. The van der Waals surface area contributed by atoms with Gasteiger partial charge in [0.25, 0.3) is 0 Å². The number of hydrogen-bond donors (Lipinski definition) is 1. The lowest BCUT2D eigenvalue weighted by Crippen LogP contribution is -2.53. The van der Waals surface area contributed by atoms with Crippen LogP contribution in [0.25, 0.3) is 0 Å². The maximum atomic E-state index is 11.7. The van der Waals surface area contributed by atoms with Gasteiger partial charge in [0.2, 0.25) is 0 Å². The molecule has 116 valence electrons. The Balaban J connectivity index is 1.84. The van der Waals surface area contributed by atoms with Crippen LogP contribution in [0.4, 0.5) is 5.69 Å². The fraction of sp³-hybridized carbons (Fsp3) is 0.562. The molecule has 1 atom stereocenters. The van der Waals surface area contributed by atoms with Gasteiger partial charge in [0, 0.05) is 38.4 Å². The Morgan fingerprint density at radius 1 is 1.24 bits per heavy atom. The molecule has 5 heteroatoms. The first-order valence-electron chi connectivity index (χ1n) is 7.58. The van der Waals surface area contributed by atoms with Gasteiger partial charge in [-0.1, -0.05) is 25.1 Å². The minimum atomic E-state index is -0.233. The molecule has 1 unspecified atom stereocenters. The molecule has 0 bridgehead atoms. The number of ether oxygens (including phenoxy) is 1. The number of nitrogens with one attached hydrogen (secondary N) is 1. The molecule has 1 saturated heterocycles.